The molecule has 0 saturated carbocycles. The fourth-order valence-electron chi connectivity index (χ4n) is 3.42. The Bertz CT molecular complexity index is 852. The van der Waals surface area contributed by atoms with E-state index >= 15 is 0 Å². The molecule has 0 aliphatic rings. The van der Waals surface area contributed by atoms with E-state index < -0.39 is 0 Å². The van der Waals surface area contributed by atoms with Gasteiger partial charge in [0.15, 0.2) is 12.4 Å². The zero-order chi connectivity index (χ0) is 16.9. The van der Waals surface area contributed by atoms with Crippen LogP contribution in [0, 0.1) is 0 Å². The summed E-state index contributed by atoms with van der Waals surface area (Å²) in [6.45, 7) is 4.76. The minimum Gasteiger partial charge on any atom is -0.287 e. The second-order valence-electron chi connectivity index (χ2n) is 6.18. The molecule has 0 spiro atoms. The van der Waals surface area contributed by atoms with Crippen molar-refractivity contribution in [2.45, 2.75) is 39.7 Å². The van der Waals surface area contributed by atoms with Gasteiger partial charge in [0.1, 0.15) is 0 Å². The standard InChI is InChI=1S/C22H24NO/c1-3-10-17-15-21(22(24)16-23-13-8-5-9-14-23)20-12-7-6-11-19(20)18(17)4-2/h5-9,11-15H,3-4,10,16H2,1-2H3/q+1. The van der Waals surface area contributed by atoms with Crippen molar-refractivity contribution in [3.8, 4) is 0 Å². The molecule has 0 amide bonds. The molecule has 0 saturated heterocycles. The van der Waals surface area contributed by atoms with Crippen LogP contribution in [0.3, 0.4) is 0 Å². The smallest absolute Gasteiger partial charge is 0.228 e. The number of fused-ring (bicyclic) bond motifs is 1. The fraction of sp³-hybridized carbons (Fsp3) is 0.273. The lowest BCUT2D eigenvalue weighted by Crippen LogP contribution is -2.36. The van der Waals surface area contributed by atoms with Crippen LogP contribution < -0.4 is 4.57 Å². The third kappa shape index (κ3) is 3.23. The van der Waals surface area contributed by atoms with Gasteiger partial charge in [0, 0.05) is 17.7 Å². The number of pyridine rings is 1. The molecule has 3 rings (SSSR count). The van der Waals surface area contributed by atoms with Crippen molar-refractivity contribution >= 4 is 16.6 Å². The Morgan fingerprint density at radius 1 is 0.958 bits per heavy atom. The Balaban J connectivity index is 2.11. The Hall–Kier alpha value is -2.48. The van der Waals surface area contributed by atoms with Crippen LogP contribution in [0.2, 0.25) is 0 Å². The van der Waals surface area contributed by atoms with Crippen LogP contribution in [0.15, 0.2) is 60.9 Å². The minimum atomic E-state index is 0.169. The Kier molecular flexibility index (Phi) is 5.05. The molecule has 0 N–H and O–H groups in total. The predicted molar refractivity (Wildman–Crippen MR) is 98.3 cm³/mol. The maximum Gasteiger partial charge on any atom is 0.228 e. The van der Waals surface area contributed by atoms with Gasteiger partial charge in [0.2, 0.25) is 12.3 Å². The molecule has 0 aliphatic carbocycles. The van der Waals surface area contributed by atoms with Gasteiger partial charge in [0.05, 0.1) is 0 Å². The van der Waals surface area contributed by atoms with Gasteiger partial charge in [-0.3, -0.25) is 4.79 Å². The number of hydrogen-bond donors (Lipinski definition) is 0. The molecule has 1 heterocycles. The molecule has 2 nitrogen and oxygen atoms in total. The van der Waals surface area contributed by atoms with E-state index in [0.717, 1.165) is 30.2 Å². The third-order valence-electron chi connectivity index (χ3n) is 4.53. The van der Waals surface area contributed by atoms with E-state index in [1.54, 1.807) is 0 Å². The van der Waals surface area contributed by atoms with Crippen LogP contribution in [0.1, 0.15) is 41.8 Å². The van der Waals surface area contributed by atoms with Gasteiger partial charge in [-0.2, -0.15) is 4.57 Å². The highest BCUT2D eigenvalue weighted by atomic mass is 16.1. The zero-order valence-corrected chi connectivity index (χ0v) is 14.5. The van der Waals surface area contributed by atoms with Gasteiger partial charge >= 0.3 is 0 Å². The highest BCUT2D eigenvalue weighted by Crippen LogP contribution is 2.28. The van der Waals surface area contributed by atoms with E-state index in [2.05, 4.69) is 38.1 Å². The molecule has 0 fully saturated rings. The lowest BCUT2D eigenvalue weighted by Gasteiger charge is -2.14. The van der Waals surface area contributed by atoms with Crippen LogP contribution in [0.5, 0.6) is 0 Å². The van der Waals surface area contributed by atoms with Gasteiger partial charge in [-0.15, -0.1) is 0 Å². The molecule has 0 bridgehead atoms. The first-order chi connectivity index (χ1) is 11.7. The number of carbonyl (C=O) groups is 1. The van der Waals surface area contributed by atoms with Gasteiger partial charge in [-0.1, -0.05) is 50.6 Å². The van der Waals surface area contributed by atoms with E-state index in [-0.39, 0.29) is 5.78 Å². The first kappa shape index (κ1) is 16.4. The maximum atomic E-state index is 13.0. The zero-order valence-electron chi connectivity index (χ0n) is 14.5. The van der Waals surface area contributed by atoms with Crippen LogP contribution in [0.25, 0.3) is 10.8 Å². The number of aromatic nitrogens is 1. The molecule has 0 atom stereocenters. The van der Waals surface area contributed by atoms with Gasteiger partial charge < -0.3 is 0 Å². The first-order valence-electron chi connectivity index (χ1n) is 8.75. The molecule has 0 unspecified atom stereocenters. The fourth-order valence-corrected chi connectivity index (χ4v) is 3.42. The second kappa shape index (κ2) is 7.39. The number of ketones is 1. The van der Waals surface area contributed by atoms with Crippen LogP contribution in [-0.2, 0) is 19.4 Å². The summed E-state index contributed by atoms with van der Waals surface area (Å²) < 4.78 is 1.93. The van der Waals surface area contributed by atoms with Crippen molar-refractivity contribution in [3.05, 3.63) is 77.6 Å². The number of nitrogens with zero attached hydrogens (tertiary/aromatic N) is 1. The topological polar surface area (TPSA) is 20.9 Å². The van der Waals surface area contributed by atoms with Crippen molar-refractivity contribution in [3.63, 3.8) is 0 Å². The summed E-state index contributed by atoms with van der Waals surface area (Å²) in [5, 5.41) is 2.31. The van der Waals surface area contributed by atoms with Crippen molar-refractivity contribution in [1.29, 1.82) is 0 Å². The Labute approximate surface area is 143 Å². The summed E-state index contributed by atoms with van der Waals surface area (Å²) in [5.41, 5.74) is 3.55. The molecule has 3 aromatic rings. The number of hydrogen-bond acceptors (Lipinski definition) is 1. The summed E-state index contributed by atoms with van der Waals surface area (Å²) in [7, 11) is 0. The number of carbonyl (C=O) groups excluding carboxylic acids is 1. The van der Waals surface area contributed by atoms with Crippen LogP contribution in [0.4, 0.5) is 0 Å². The summed E-state index contributed by atoms with van der Waals surface area (Å²) in [6, 6.07) is 16.3. The molecule has 0 radical (unpaired) electrons. The van der Waals surface area contributed by atoms with Crippen molar-refractivity contribution in [2.75, 3.05) is 0 Å². The van der Waals surface area contributed by atoms with Gasteiger partial charge in [-0.05, 0) is 40.8 Å². The second-order valence-corrected chi connectivity index (χ2v) is 6.18. The first-order valence-corrected chi connectivity index (χ1v) is 8.75. The van der Waals surface area contributed by atoms with Crippen LogP contribution >= 0.6 is 0 Å². The van der Waals surface area contributed by atoms with E-state index in [4.69, 9.17) is 0 Å². The largest absolute Gasteiger partial charge is 0.287 e. The van der Waals surface area contributed by atoms with E-state index in [1.807, 2.05) is 41.2 Å². The molecular formula is C22H24NO+. The molecule has 0 aliphatic heterocycles. The Morgan fingerprint density at radius 2 is 1.67 bits per heavy atom. The molecule has 1 aromatic heterocycles. The summed E-state index contributed by atoms with van der Waals surface area (Å²) in [4.78, 5) is 13.0. The molecular weight excluding hydrogens is 294 g/mol. The average molecular weight is 318 g/mol. The lowest BCUT2D eigenvalue weighted by molar-refractivity contribution is -0.683. The maximum absolute atomic E-state index is 13.0. The predicted octanol–water partition coefficient (Wildman–Crippen LogP) is 4.53. The van der Waals surface area contributed by atoms with Gasteiger partial charge in [-0.25, -0.2) is 0 Å². The van der Waals surface area contributed by atoms with Crippen molar-refractivity contribution < 1.29 is 9.36 Å². The minimum absolute atomic E-state index is 0.169. The highest BCUT2D eigenvalue weighted by Gasteiger charge is 2.18. The quantitative estimate of drug-likeness (QED) is 0.483. The van der Waals surface area contributed by atoms with Gasteiger partial charge in [0.25, 0.3) is 0 Å². The highest BCUT2D eigenvalue weighted by molar-refractivity contribution is 6.08. The monoisotopic (exact) mass is 318 g/mol. The third-order valence-corrected chi connectivity index (χ3v) is 4.53. The van der Waals surface area contributed by atoms with Crippen LogP contribution in [-0.4, -0.2) is 5.78 Å². The molecule has 2 heteroatoms. The lowest BCUT2D eigenvalue weighted by atomic mass is 9.90. The van der Waals surface area contributed by atoms with Crippen molar-refractivity contribution in [1.82, 2.24) is 0 Å². The van der Waals surface area contributed by atoms with Crippen molar-refractivity contribution in [2.24, 2.45) is 0 Å². The number of benzene rings is 2. The normalized spacial score (nSPS) is 10.9. The molecule has 24 heavy (non-hydrogen) atoms. The SMILES string of the molecule is CCCc1cc(C(=O)C[n+]2ccccc2)c2ccccc2c1CC. The summed E-state index contributed by atoms with van der Waals surface area (Å²) in [5.74, 6) is 0.169. The Morgan fingerprint density at radius 3 is 2.33 bits per heavy atom. The van der Waals surface area contributed by atoms with E-state index in [1.165, 1.54) is 16.5 Å². The molecule has 2 aromatic carbocycles. The molecule has 122 valence electrons. The van der Waals surface area contributed by atoms with E-state index in [9.17, 15) is 4.79 Å². The summed E-state index contributed by atoms with van der Waals surface area (Å²) >= 11 is 0. The van der Waals surface area contributed by atoms with E-state index in [0.29, 0.717) is 6.54 Å². The average Bonchev–Trinajstić information content (AvgIpc) is 2.62. The number of aryl methyl sites for hydroxylation is 2. The summed E-state index contributed by atoms with van der Waals surface area (Å²) in [6.07, 6.45) is 6.98. The number of Topliss-reactive ketones (excluding diaryl/α,β-unsaturated/α-hetero) is 1. The number of rotatable bonds is 6.